The number of sulfonamides is 1. The number of hydrogen-bond acceptors (Lipinski definition) is 4. The summed E-state index contributed by atoms with van der Waals surface area (Å²) in [7, 11) is -4.03. The number of rotatable bonds is 8. The molecule has 0 atom stereocenters. The van der Waals surface area contributed by atoms with Crippen molar-refractivity contribution in [3.05, 3.63) is 64.2 Å². The Kier molecular flexibility index (Phi) is 7.92. The minimum Gasteiger partial charge on any atom is -0.350 e. The van der Waals surface area contributed by atoms with Crippen molar-refractivity contribution < 1.29 is 26.4 Å². The monoisotopic (exact) mass is 503 g/mol. The third-order valence-corrected chi connectivity index (χ3v) is 6.79. The van der Waals surface area contributed by atoms with Gasteiger partial charge in [-0.1, -0.05) is 35.9 Å². The number of carbonyl (C=O) groups is 1. The zero-order valence-corrected chi connectivity index (χ0v) is 19.6. The average molecular weight is 504 g/mol. The van der Waals surface area contributed by atoms with Gasteiger partial charge in [0.15, 0.2) is 0 Å². The molecule has 1 fully saturated rings. The maximum absolute atomic E-state index is 13.2. The Balaban J connectivity index is 1.68. The van der Waals surface area contributed by atoms with Crippen LogP contribution in [0, 0.1) is 0 Å². The van der Waals surface area contributed by atoms with Crippen molar-refractivity contribution >= 4 is 33.2 Å². The van der Waals surface area contributed by atoms with E-state index >= 15 is 0 Å². The van der Waals surface area contributed by atoms with Gasteiger partial charge < -0.3 is 5.32 Å². The number of nitrogens with one attached hydrogen (secondary N) is 1. The highest BCUT2D eigenvalue weighted by Gasteiger charge is 2.34. The van der Waals surface area contributed by atoms with E-state index in [4.69, 9.17) is 11.6 Å². The van der Waals surface area contributed by atoms with Crippen LogP contribution in [0.5, 0.6) is 0 Å². The largest absolute Gasteiger partial charge is 0.417 e. The summed E-state index contributed by atoms with van der Waals surface area (Å²) in [5, 5.41) is 2.08. The molecule has 1 saturated heterocycles. The van der Waals surface area contributed by atoms with E-state index in [0.717, 1.165) is 49.1 Å². The van der Waals surface area contributed by atoms with Gasteiger partial charge in [-0.05, 0) is 55.3 Å². The SMILES string of the molecule is CS(=O)(=O)N(CC(=O)NCc1cccc(CN2CCCC2)c1)c1ccc(Cl)c(C(F)(F)F)c1. The zero-order chi connectivity index (χ0) is 24.2. The molecule has 0 spiro atoms. The number of amides is 1. The van der Waals surface area contributed by atoms with Crippen LogP contribution < -0.4 is 9.62 Å². The molecule has 0 aromatic heterocycles. The minimum absolute atomic E-state index is 0.165. The van der Waals surface area contributed by atoms with Gasteiger partial charge in [-0.25, -0.2) is 8.42 Å². The molecule has 3 rings (SSSR count). The maximum atomic E-state index is 13.2. The summed E-state index contributed by atoms with van der Waals surface area (Å²) in [4.78, 5) is 14.8. The molecule has 1 N–H and O–H groups in total. The predicted molar refractivity (Wildman–Crippen MR) is 121 cm³/mol. The maximum Gasteiger partial charge on any atom is 0.417 e. The molecule has 0 radical (unpaired) electrons. The minimum atomic E-state index is -4.77. The second kappa shape index (κ2) is 10.3. The Morgan fingerprint density at radius 1 is 1.12 bits per heavy atom. The Hall–Kier alpha value is -2.30. The number of nitrogens with zero attached hydrogens (tertiary/aromatic N) is 2. The Labute approximate surface area is 196 Å². The fraction of sp³-hybridized carbons (Fsp3) is 0.409. The van der Waals surface area contributed by atoms with Gasteiger partial charge in [0.2, 0.25) is 15.9 Å². The number of halogens is 4. The van der Waals surface area contributed by atoms with E-state index in [0.29, 0.717) is 10.4 Å². The summed E-state index contributed by atoms with van der Waals surface area (Å²) >= 11 is 5.62. The van der Waals surface area contributed by atoms with Gasteiger partial charge in [-0.3, -0.25) is 14.0 Å². The summed E-state index contributed by atoms with van der Waals surface area (Å²) in [6.45, 7) is 2.44. The molecule has 0 unspecified atom stereocenters. The first-order chi connectivity index (χ1) is 15.4. The molecule has 1 amide bonds. The van der Waals surface area contributed by atoms with E-state index in [2.05, 4.69) is 10.2 Å². The Morgan fingerprint density at radius 2 is 1.79 bits per heavy atom. The lowest BCUT2D eigenvalue weighted by atomic mass is 10.1. The summed E-state index contributed by atoms with van der Waals surface area (Å²) in [5.41, 5.74) is 0.488. The lowest BCUT2D eigenvalue weighted by Gasteiger charge is -2.23. The molecule has 33 heavy (non-hydrogen) atoms. The first-order valence-corrected chi connectivity index (χ1v) is 12.6. The van der Waals surface area contributed by atoms with Gasteiger partial charge in [0, 0.05) is 13.1 Å². The van der Waals surface area contributed by atoms with Crippen LogP contribution in [-0.4, -0.2) is 45.1 Å². The normalized spacial score (nSPS) is 14.9. The van der Waals surface area contributed by atoms with E-state index in [1.807, 2.05) is 24.3 Å². The third-order valence-electron chi connectivity index (χ3n) is 5.32. The topological polar surface area (TPSA) is 69.7 Å². The number of alkyl halides is 3. The molecule has 1 aliphatic rings. The van der Waals surface area contributed by atoms with Gasteiger partial charge >= 0.3 is 6.18 Å². The van der Waals surface area contributed by atoms with E-state index in [1.54, 1.807) is 0 Å². The van der Waals surface area contributed by atoms with Crippen LogP contribution in [0.2, 0.25) is 5.02 Å². The molecule has 0 saturated carbocycles. The second-order valence-corrected chi connectivity index (χ2v) is 10.3. The fourth-order valence-electron chi connectivity index (χ4n) is 3.71. The molecule has 11 heteroatoms. The van der Waals surface area contributed by atoms with Crippen molar-refractivity contribution in [1.29, 1.82) is 0 Å². The van der Waals surface area contributed by atoms with Crippen LogP contribution in [0.3, 0.4) is 0 Å². The van der Waals surface area contributed by atoms with Crippen molar-refractivity contribution in [3.63, 3.8) is 0 Å². The number of benzene rings is 2. The molecule has 2 aromatic carbocycles. The number of carbonyl (C=O) groups excluding carboxylic acids is 1. The summed E-state index contributed by atoms with van der Waals surface area (Å²) < 4.78 is 64.6. The van der Waals surface area contributed by atoms with Crippen LogP contribution in [0.1, 0.15) is 29.5 Å². The number of likely N-dealkylation sites (tertiary alicyclic amines) is 1. The van der Waals surface area contributed by atoms with Crippen LogP contribution in [0.4, 0.5) is 18.9 Å². The highest BCUT2D eigenvalue weighted by molar-refractivity contribution is 7.92. The van der Waals surface area contributed by atoms with E-state index in [-0.39, 0.29) is 12.2 Å². The van der Waals surface area contributed by atoms with Gasteiger partial charge in [-0.2, -0.15) is 13.2 Å². The van der Waals surface area contributed by atoms with Crippen molar-refractivity contribution in [2.45, 2.75) is 32.1 Å². The smallest absolute Gasteiger partial charge is 0.350 e. The molecule has 180 valence electrons. The third kappa shape index (κ3) is 7.09. The summed E-state index contributed by atoms with van der Waals surface area (Å²) in [6.07, 6.45) is -1.57. The standard InChI is InChI=1S/C22H25ClF3N3O3S/c1-33(31,32)29(18-7-8-20(23)19(12-18)22(24,25)26)15-21(30)27-13-16-5-4-6-17(11-16)14-28-9-2-3-10-28/h4-8,11-12H,2-3,9-10,13-15H2,1H3,(H,27,30). The molecule has 1 aliphatic heterocycles. The van der Waals surface area contributed by atoms with Gasteiger partial charge in [0.05, 0.1) is 22.5 Å². The molecule has 1 heterocycles. The molecular weight excluding hydrogens is 479 g/mol. The number of hydrogen-bond donors (Lipinski definition) is 1. The van der Waals surface area contributed by atoms with Crippen molar-refractivity contribution in [3.8, 4) is 0 Å². The van der Waals surface area contributed by atoms with Crippen LogP contribution >= 0.6 is 11.6 Å². The predicted octanol–water partition coefficient (Wildman–Crippen LogP) is 4.04. The highest BCUT2D eigenvalue weighted by Crippen LogP contribution is 2.37. The summed E-state index contributed by atoms with van der Waals surface area (Å²) in [6, 6.07) is 10.4. The molecule has 6 nitrogen and oxygen atoms in total. The van der Waals surface area contributed by atoms with Crippen molar-refractivity contribution in [2.75, 3.05) is 30.2 Å². The molecular formula is C22H25ClF3N3O3S. The first-order valence-electron chi connectivity index (χ1n) is 10.3. The Bertz CT molecular complexity index is 1100. The summed E-state index contributed by atoms with van der Waals surface area (Å²) in [5.74, 6) is -0.645. The molecule has 2 aromatic rings. The van der Waals surface area contributed by atoms with Gasteiger partial charge in [0.1, 0.15) is 6.54 Å². The zero-order valence-electron chi connectivity index (χ0n) is 18.0. The Morgan fingerprint density at radius 3 is 2.42 bits per heavy atom. The van der Waals surface area contributed by atoms with Gasteiger partial charge in [-0.15, -0.1) is 0 Å². The lowest BCUT2D eigenvalue weighted by Crippen LogP contribution is -2.40. The first kappa shape index (κ1) is 25.3. The van der Waals surface area contributed by atoms with Crippen LogP contribution in [0.25, 0.3) is 0 Å². The molecule has 0 bridgehead atoms. The van der Waals surface area contributed by atoms with Crippen LogP contribution in [-0.2, 0) is 34.1 Å². The van der Waals surface area contributed by atoms with E-state index in [1.165, 1.54) is 12.8 Å². The van der Waals surface area contributed by atoms with Crippen molar-refractivity contribution in [2.24, 2.45) is 0 Å². The average Bonchev–Trinajstić information content (AvgIpc) is 3.23. The molecule has 0 aliphatic carbocycles. The van der Waals surface area contributed by atoms with Gasteiger partial charge in [0.25, 0.3) is 0 Å². The quantitative estimate of drug-likeness (QED) is 0.590. The van der Waals surface area contributed by atoms with E-state index in [9.17, 15) is 26.4 Å². The number of anilines is 1. The lowest BCUT2D eigenvalue weighted by molar-refractivity contribution is -0.137. The van der Waals surface area contributed by atoms with Crippen molar-refractivity contribution in [1.82, 2.24) is 10.2 Å². The van der Waals surface area contributed by atoms with E-state index < -0.39 is 39.2 Å². The van der Waals surface area contributed by atoms with Crippen LogP contribution in [0.15, 0.2) is 42.5 Å². The highest BCUT2D eigenvalue weighted by atomic mass is 35.5. The second-order valence-electron chi connectivity index (χ2n) is 8.01. The fourth-order valence-corrected chi connectivity index (χ4v) is 4.78.